The number of fused-ring (bicyclic) bond motifs is 1. The van der Waals surface area contributed by atoms with Crippen molar-refractivity contribution >= 4 is 34.9 Å². The second-order valence-corrected chi connectivity index (χ2v) is 5.39. The monoisotopic (exact) mass is 344 g/mol. The zero-order valence-corrected chi connectivity index (χ0v) is 14.0. The highest BCUT2D eigenvalue weighted by Gasteiger charge is 2.15. The number of H-pyrrole nitrogens is 1. The van der Waals surface area contributed by atoms with E-state index in [1.165, 1.54) is 9.13 Å². The number of nitrogens with one attached hydrogen (secondary N) is 1. The number of hydrogen-bond donors (Lipinski definition) is 2. The molecule has 2 heterocycles. The molecule has 0 radical (unpaired) electrons. The second kappa shape index (κ2) is 6.36. The van der Waals surface area contributed by atoms with Gasteiger partial charge in [0.25, 0.3) is 5.56 Å². The fourth-order valence-electron chi connectivity index (χ4n) is 2.41. The SMILES string of the molecule is CCn1c(O)c(N=Nc2nc3ccccc3[nH]2)c(=O)n(CC)c1=S. The van der Waals surface area contributed by atoms with E-state index in [0.29, 0.717) is 13.1 Å². The zero-order valence-electron chi connectivity index (χ0n) is 13.2. The van der Waals surface area contributed by atoms with Gasteiger partial charge in [-0.3, -0.25) is 13.9 Å². The average molecular weight is 344 g/mol. The van der Waals surface area contributed by atoms with Gasteiger partial charge >= 0.3 is 0 Å². The van der Waals surface area contributed by atoms with Crippen LogP contribution in [0.3, 0.4) is 0 Å². The first-order valence-electron chi connectivity index (χ1n) is 7.49. The molecule has 2 aromatic heterocycles. The molecule has 0 saturated heterocycles. The summed E-state index contributed by atoms with van der Waals surface area (Å²) in [5.74, 6) is -0.0411. The van der Waals surface area contributed by atoms with Crippen LogP contribution in [-0.2, 0) is 13.1 Å². The van der Waals surface area contributed by atoms with Crippen molar-refractivity contribution in [1.29, 1.82) is 0 Å². The van der Waals surface area contributed by atoms with Crippen molar-refractivity contribution in [3.63, 3.8) is 0 Å². The van der Waals surface area contributed by atoms with Crippen LogP contribution in [0.1, 0.15) is 13.8 Å². The molecule has 0 aliphatic rings. The molecule has 0 amide bonds. The lowest BCUT2D eigenvalue weighted by molar-refractivity contribution is 0.402. The normalized spacial score (nSPS) is 11.6. The number of azo groups is 1. The topological polar surface area (TPSA) is 101 Å². The molecule has 8 nitrogen and oxygen atoms in total. The van der Waals surface area contributed by atoms with Gasteiger partial charge in [0.1, 0.15) is 0 Å². The third-order valence-corrected chi connectivity index (χ3v) is 4.07. The first-order chi connectivity index (χ1) is 11.6. The van der Waals surface area contributed by atoms with E-state index in [-0.39, 0.29) is 22.3 Å². The lowest BCUT2D eigenvalue weighted by atomic mass is 10.3. The van der Waals surface area contributed by atoms with E-state index in [2.05, 4.69) is 20.2 Å². The highest BCUT2D eigenvalue weighted by Crippen LogP contribution is 2.25. The van der Waals surface area contributed by atoms with Crippen LogP contribution in [0.4, 0.5) is 11.6 Å². The third-order valence-electron chi connectivity index (χ3n) is 3.63. The lowest BCUT2D eigenvalue weighted by Crippen LogP contribution is -2.24. The van der Waals surface area contributed by atoms with E-state index >= 15 is 0 Å². The molecule has 0 aliphatic carbocycles. The zero-order chi connectivity index (χ0) is 17.3. The number of para-hydroxylation sites is 2. The Hall–Kier alpha value is -2.81. The molecule has 0 fully saturated rings. The molecular formula is C15H16N6O2S. The number of aromatic amines is 1. The maximum atomic E-state index is 12.4. The quantitative estimate of drug-likeness (QED) is 0.559. The van der Waals surface area contributed by atoms with Crippen LogP contribution in [0.2, 0.25) is 0 Å². The standard InChI is InChI=1S/C15H16N6O2S/c1-3-20-12(22)11(13(23)21(4-2)15(20)24)18-19-14-16-9-7-5-6-8-10(9)17-14/h5-8,22H,3-4H2,1-2H3,(H,16,17). The Morgan fingerprint density at radius 3 is 2.58 bits per heavy atom. The number of imidazole rings is 1. The molecule has 0 bridgehead atoms. The lowest BCUT2D eigenvalue weighted by Gasteiger charge is -2.12. The summed E-state index contributed by atoms with van der Waals surface area (Å²) in [5.41, 5.74) is 0.912. The highest BCUT2D eigenvalue weighted by molar-refractivity contribution is 7.71. The Morgan fingerprint density at radius 1 is 1.21 bits per heavy atom. The molecule has 1 aromatic carbocycles. The summed E-state index contributed by atoms with van der Waals surface area (Å²) < 4.78 is 3.06. The Bertz CT molecular complexity index is 1010. The molecule has 3 rings (SSSR count). The van der Waals surface area contributed by atoms with E-state index in [0.717, 1.165) is 11.0 Å². The van der Waals surface area contributed by atoms with Crippen molar-refractivity contribution in [3.8, 4) is 5.88 Å². The number of rotatable bonds is 4. The Labute approximate surface area is 142 Å². The van der Waals surface area contributed by atoms with Crippen molar-refractivity contribution in [1.82, 2.24) is 19.1 Å². The molecule has 0 unspecified atom stereocenters. The van der Waals surface area contributed by atoms with Crippen molar-refractivity contribution in [3.05, 3.63) is 39.4 Å². The minimum atomic E-state index is -0.482. The average Bonchev–Trinajstić information content (AvgIpc) is 2.98. The predicted molar refractivity (Wildman–Crippen MR) is 92.8 cm³/mol. The first-order valence-corrected chi connectivity index (χ1v) is 7.90. The molecule has 0 atom stereocenters. The van der Waals surface area contributed by atoms with E-state index < -0.39 is 5.56 Å². The van der Waals surface area contributed by atoms with Crippen molar-refractivity contribution < 1.29 is 5.11 Å². The molecular weight excluding hydrogens is 328 g/mol. The number of nitrogens with zero attached hydrogens (tertiary/aromatic N) is 5. The van der Waals surface area contributed by atoms with E-state index in [1.807, 2.05) is 31.2 Å². The van der Waals surface area contributed by atoms with Crippen LogP contribution < -0.4 is 5.56 Å². The highest BCUT2D eigenvalue weighted by atomic mass is 32.1. The van der Waals surface area contributed by atoms with E-state index in [9.17, 15) is 9.90 Å². The number of aromatic hydroxyl groups is 1. The summed E-state index contributed by atoms with van der Waals surface area (Å²) >= 11 is 5.22. The molecule has 9 heteroatoms. The van der Waals surface area contributed by atoms with Gasteiger partial charge < -0.3 is 10.1 Å². The van der Waals surface area contributed by atoms with Crippen LogP contribution in [0.5, 0.6) is 5.88 Å². The smallest absolute Gasteiger partial charge is 0.286 e. The summed E-state index contributed by atoms with van der Waals surface area (Å²) in [6.45, 7) is 4.41. The maximum absolute atomic E-state index is 12.4. The Balaban J connectivity index is 2.12. The molecule has 24 heavy (non-hydrogen) atoms. The Kier molecular flexibility index (Phi) is 4.26. The predicted octanol–water partition coefficient (Wildman–Crippen LogP) is 3.42. The summed E-state index contributed by atoms with van der Waals surface area (Å²) in [7, 11) is 0. The summed E-state index contributed by atoms with van der Waals surface area (Å²) in [6.07, 6.45) is 0. The molecule has 0 spiro atoms. The minimum absolute atomic E-state index is 0.159. The van der Waals surface area contributed by atoms with Crippen LogP contribution in [0.15, 0.2) is 39.3 Å². The van der Waals surface area contributed by atoms with Gasteiger partial charge in [-0.05, 0) is 38.2 Å². The first kappa shape index (κ1) is 16.1. The third kappa shape index (κ3) is 2.62. The van der Waals surface area contributed by atoms with Gasteiger partial charge in [0.2, 0.25) is 17.5 Å². The van der Waals surface area contributed by atoms with Gasteiger partial charge in [0.05, 0.1) is 11.0 Å². The molecule has 2 N–H and O–H groups in total. The largest absolute Gasteiger partial charge is 0.493 e. The van der Waals surface area contributed by atoms with Crippen molar-refractivity contribution in [2.75, 3.05) is 0 Å². The van der Waals surface area contributed by atoms with Crippen LogP contribution >= 0.6 is 12.2 Å². The summed E-state index contributed by atoms with van der Waals surface area (Å²) in [4.78, 5) is 19.7. The van der Waals surface area contributed by atoms with Crippen LogP contribution in [0, 0.1) is 4.77 Å². The second-order valence-electron chi connectivity index (χ2n) is 5.03. The number of aromatic nitrogens is 4. The summed E-state index contributed by atoms with van der Waals surface area (Å²) in [5, 5.41) is 18.2. The van der Waals surface area contributed by atoms with Gasteiger partial charge in [-0.2, -0.15) is 0 Å². The van der Waals surface area contributed by atoms with Gasteiger partial charge in [0.15, 0.2) is 4.77 Å². The molecule has 124 valence electrons. The van der Waals surface area contributed by atoms with Crippen LogP contribution in [0.25, 0.3) is 11.0 Å². The van der Waals surface area contributed by atoms with Crippen LogP contribution in [-0.4, -0.2) is 24.2 Å². The Morgan fingerprint density at radius 2 is 1.92 bits per heavy atom. The summed E-state index contributed by atoms with van der Waals surface area (Å²) in [6, 6.07) is 7.44. The van der Waals surface area contributed by atoms with Gasteiger partial charge in [-0.25, -0.2) is 4.98 Å². The van der Waals surface area contributed by atoms with E-state index in [4.69, 9.17) is 12.2 Å². The van der Waals surface area contributed by atoms with E-state index in [1.54, 1.807) is 6.92 Å². The van der Waals surface area contributed by atoms with Crippen molar-refractivity contribution in [2.45, 2.75) is 26.9 Å². The molecule has 0 saturated carbocycles. The fraction of sp³-hybridized carbons (Fsp3) is 0.267. The minimum Gasteiger partial charge on any atom is -0.493 e. The van der Waals surface area contributed by atoms with Crippen molar-refractivity contribution in [2.24, 2.45) is 10.2 Å². The van der Waals surface area contributed by atoms with Gasteiger partial charge in [0, 0.05) is 13.1 Å². The number of benzene rings is 1. The number of hydrogen-bond acceptors (Lipinski definition) is 6. The maximum Gasteiger partial charge on any atom is 0.286 e. The molecule has 0 aliphatic heterocycles. The van der Waals surface area contributed by atoms with Gasteiger partial charge in [-0.1, -0.05) is 12.1 Å². The molecule has 3 aromatic rings. The van der Waals surface area contributed by atoms with Gasteiger partial charge in [-0.15, -0.1) is 10.2 Å². The fourth-order valence-corrected chi connectivity index (χ4v) is 2.84.